The highest BCUT2D eigenvalue weighted by Gasteiger charge is 2.28. The molecular formula is C12H25N3O2S. The molecule has 1 heterocycles. The van der Waals surface area contributed by atoms with Crippen molar-refractivity contribution in [1.29, 1.82) is 0 Å². The fourth-order valence-corrected chi connectivity index (χ4v) is 4.25. The van der Waals surface area contributed by atoms with E-state index in [0.717, 1.165) is 44.9 Å². The van der Waals surface area contributed by atoms with Gasteiger partial charge in [-0.1, -0.05) is 19.3 Å². The highest BCUT2D eigenvalue weighted by atomic mass is 32.2. The zero-order valence-corrected chi connectivity index (χ0v) is 11.8. The van der Waals surface area contributed by atoms with Crippen LogP contribution in [0.1, 0.15) is 44.9 Å². The number of rotatable bonds is 4. The van der Waals surface area contributed by atoms with Crippen LogP contribution in [0.5, 0.6) is 0 Å². The van der Waals surface area contributed by atoms with Gasteiger partial charge in [0, 0.05) is 25.7 Å². The summed E-state index contributed by atoms with van der Waals surface area (Å²) in [4.78, 5) is 0. The molecule has 106 valence electrons. The molecule has 5 nitrogen and oxygen atoms in total. The Morgan fingerprint density at radius 1 is 1.06 bits per heavy atom. The van der Waals surface area contributed by atoms with E-state index in [1.54, 1.807) is 4.31 Å². The van der Waals surface area contributed by atoms with E-state index >= 15 is 0 Å². The van der Waals surface area contributed by atoms with Crippen molar-refractivity contribution < 1.29 is 8.42 Å². The van der Waals surface area contributed by atoms with E-state index in [4.69, 9.17) is 5.73 Å². The summed E-state index contributed by atoms with van der Waals surface area (Å²) in [5, 5.41) is 0. The van der Waals surface area contributed by atoms with Crippen LogP contribution in [-0.4, -0.2) is 38.4 Å². The average molecular weight is 275 g/mol. The van der Waals surface area contributed by atoms with Crippen molar-refractivity contribution >= 4 is 10.2 Å². The molecule has 2 unspecified atom stereocenters. The molecule has 2 rings (SSSR count). The second-order valence-electron chi connectivity index (χ2n) is 5.52. The predicted molar refractivity (Wildman–Crippen MR) is 72.3 cm³/mol. The SMILES string of the molecule is NC1CCCC1CNS(=O)(=O)N1CCCCCC1. The van der Waals surface area contributed by atoms with Gasteiger partial charge in [-0.2, -0.15) is 12.7 Å². The Kier molecular flexibility index (Phi) is 5.00. The molecule has 0 aromatic heterocycles. The lowest BCUT2D eigenvalue weighted by molar-refractivity contribution is 0.402. The fourth-order valence-electron chi connectivity index (χ4n) is 2.90. The van der Waals surface area contributed by atoms with E-state index in [1.165, 1.54) is 0 Å². The minimum absolute atomic E-state index is 0.164. The van der Waals surface area contributed by atoms with Crippen molar-refractivity contribution in [3.8, 4) is 0 Å². The van der Waals surface area contributed by atoms with Crippen molar-refractivity contribution in [2.24, 2.45) is 11.7 Å². The van der Waals surface area contributed by atoms with Gasteiger partial charge < -0.3 is 5.73 Å². The largest absolute Gasteiger partial charge is 0.327 e. The molecule has 0 amide bonds. The van der Waals surface area contributed by atoms with Crippen molar-refractivity contribution in [1.82, 2.24) is 9.03 Å². The molecule has 0 radical (unpaired) electrons. The van der Waals surface area contributed by atoms with Gasteiger partial charge in [0.05, 0.1) is 0 Å². The predicted octanol–water partition coefficient (Wildman–Crippen LogP) is 0.824. The monoisotopic (exact) mass is 275 g/mol. The van der Waals surface area contributed by atoms with Crippen molar-refractivity contribution in [2.75, 3.05) is 19.6 Å². The minimum atomic E-state index is -3.29. The molecule has 6 heteroatoms. The molecule has 0 aromatic carbocycles. The van der Waals surface area contributed by atoms with E-state index in [-0.39, 0.29) is 6.04 Å². The van der Waals surface area contributed by atoms with Gasteiger partial charge in [-0.3, -0.25) is 0 Å². The standard InChI is InChI=1S/C12H25N3O2S/c13-12-7-5-6-11(12)10-14-18(16,17)15-8-3-1-2-4-9-15/h11-12,14H,1-10,13H2. The summed E-state index contributed by atoms with van der Waals surface area (Å²) in [7, 11) is -3.29. The molecule has 2 atom stereocenters. The zero-order chi connectivity index (χ0) is 13.0. The van der Waals surface area contributed by atoms with Crippen molar-refractivity contribution in [2.45, 2.75) is 51.0 Å². The Morgan fingerprint density at radius 2 is 1.72 bits per heavy atom. The number of nitrogens with one attached hydrogen (secondary N) is 1. The molecule has 1 saturated heterocycles. The summed E-state index contributed by atoms with van der Waals surface area (Å²) in [6.07, 6.45) is 7.42. The normalized spacial score (nSPS) is 31.4. The third-order valence-corrected chi connectivity index (χ3v) is 5.73. The van der Waals surface area contributed by atoms with Crippen LogP contribution in [0.3, 0.4) is 0 Å². The van der Waals surface area contributed by atoms with Crippen LogP contribution in [0.25, 0.3) is 0 Å². The summed E-state index contributed by atoms with van der Waals surface area (Å²) in [6.45, 7) is 1.82. The lowest BCUT2D eigenvalue weighted by Gasteiger charge is -2.22. The first-order valence-electron chi connectivity index (χ1n) is 7.10. The highest BCUT2D eigenvalue weighted by molar-refractivity contribution is 7.87. The van der Waals surface area contributed by atoms with Crippen LogP contribution < -0.4 is 10.5 Å². The van der Waals surface area contributed by atoms with Gasteiger partial charge in [0.2, 0.25) is 0 Å². The zero-order valence-electron chi connectivity index (χ0n) is 11.0. The molecule has 2 aliphatic rings. The Bertz CT molecular complexity index is 350. The van der Waals surface area contributed by atoms with Gasteiger partial charge >= 0.3 is 0 Å². The smallest absolute Gasteiger partial charge is 0.279 e. The summed E-state index contributed by atoms with van der Waals surface area (Å²) >= 11 is 0. The van der Waals surface area contributed by atoms with Crippen molar-refractivity contribution in [3.63, 3.8) is 0 Å². The quantitative estimate of drug-likeness (QED) is 0.798. The van der Waals surface area contributed by atoms with E-state index in [1.807, 2.05) is 0 Å². The molecule has 0 spiro atoms. The van der Waals surface area contributed by atoms with E-state index in [0.29, 0.717) is 25.6 Å². The summed E-state index contributed by atoms with van der Waals surface area (Å²) < 4.78 is 28.7. The van der Waals surface area contributed by atoms with Gasteiger partial charge in [-0.05, 0) is 31.6 Å². The van der Waals surface area contributed by atoms with Gasteiger partial charge in [0.15, 0.2) is 0 Å². The second kappa shape index (κ2) is 6.32. The maximum Gasteiger partial charge on any atom is 0.279 e. The number of hydrogen-bond acceptors (Lipinski definition) is 3. The third kappa shape index (κ3) is 3.66. The third-order valence-electron chi connectivity index (χ3n) is 4.15. The van der Waals surface area contributed by atoms with Gasteiger partial charge in [0.1, 0.15) is 0 Å². The Balaban J connectivity index is 1.86. The highest BCUT2D eigenvalue weighted by Crippen LogP contribution is 2.23. The maximum atomic E-state index is 12.2. The van der Waals surface area contributed by atoms with Gasteiger partial charge in [-0.25, -0.2) is 4.72 Å². The molecule has 18 heavy (non-hydrogen) atoms. The van der Waals surface area contributed by atoms with Gasteiger partial charge in [-0.15, -0.1) is 0 Å². The Labute approximate surface area is 110 Å². The minimum Gasteiger partial charge on any atom is -0.327 e. The molecular weight excluding hydrogens is 250 g/mol. The van der Waals surface area contributed by atoms with Crippen LogP contribution in [0.4, 0.5) is 0 Å². The van der Waals surface area contributed by atoms with E-state index < -0.39 is 10.2 Å². The van der Waals surface area contributed by atoms with Crippen LogP contribution in [0.15, 0.2) is 0 Å². The lowest BCUT2D eigenvalue weighted by atomic mass is 10.1. The molecule has 0 bridgehead atoms. The lowest BCUT2D eigenvalue weighted by Crippen LogP contribution is -2.44. The van der Waals surface area contributed by atoms with Crippen LogP contribution in [0.2, 0.25) is 0 Å². The molecule has 2 fully saturated rings. The summed E-state index contributed by atoms with van der Waals surface area (Å²) in [5.74, 6) is 0.312. The molecule has 1 saturated carbocycles. The maximum absolute atomic E-state index is 12.2. The van der Waals surface area contributed by atoms with Gasteiger partial charge in [0.25, 0.3) is 10.2 Å². The Morgan fingerprint density at radius 3 is 2.28 bits per heavy atom. The first-order chi connectivity index (χ1) is 8.59. The Hall–Kier alpha value is -0.170. The average Bonchev–Trinajstić information content (AvgIpc) is 2.59. The molecule has 0 aromatic rings. The van der Waals surface area contributed by atoms with E-state index in [9.17, 15) is 8.42 Å². The van der Waals surface area contributed by atoms with Crippen LogP contribution in [0, 0.1) is 5.92 Å². The second-order valence-corrected chi connectivity index (χ2v) is 7.28. The van der Waals surface area contributed by atoms with Crippen molar-refractivity contribution in [3.05, 3.63) is 0 Å². The number of nitrogens with zero attached hydrogens (tertiary/aromatic N) is 1. The number of hydrogen-bond donors (Lipinski definition) is 2. The molecule has 1 aliphatic carbocycles. The molecule has 3 N–H and O–H groups in total. The first-order valence-corrected chi connectivity index (χ1v) is 8.54. The van der Waals surface area contributed by atoms with Crippen LogP contribution >= 0.6 is 0 Å². The van der Waals surface area contributed by atoms with Crippen LogP contribution in [-0.2, 0) is 10.2 Å². The summed E-state index contributed by atoms with van der Waals surface area (Å²) in [6, 6.07) is 0.164. The molecule has 1 aliphatic heterocycles. The summed E-state index contributed by atoms with van der Waals surface area (Å²) in [5.41, 5.74) is 5.96. The topological polar surface area (TPSA) is 75.4 Å². The fraction of sp³-hybridized carbons (Fsp3) is 1.00. The van der Waals surface area contributed by atoms with E-state index in [2.05, 4.69) is 4.72 Å². The first kappa shape index (κ1) is 14.2. The number of nitrogens with two attached hydrogens (primary N) is 1.